The van der Waals surface area contributed by atoms with E-state index >= 15 is 0 Å². The van der Waals surface area contributed by atoms with Crippen LogP contribution in [0.4, 0.5) is 15.8 Å². The highest BCUT2D eigenvalue weighted by molar-refractivity contribution is 5.91. The van der Waals surface area contributed by atoms with Crippen LogP contribution in [0, 0.1) is 5.82 Å². The first-order valence-corrected chi connectivity index (χ1v) is 3.92. The number of hydrogen-bond donors (Lipinski definition) is 2. The number of fused-ring (bicyclic) bond motifs is 1. The van der Waals surface area contributed by atoms with Crippen molar-refractivity contribution < 1.29 is 4.39 Å². The maximum absolute atomic E-state index is 13.5. The Morgan fingerprint density at radius 3 is 2.54 bits per heavy atom. The Hall–Kier alpha value is -1.77. The fraction of sp³-hybridized carbons (Fsp3) is 0. The van der Waals surface area contributed by atoms with Crippen molar-refractivity contribution in [3.63, 3.8) is 0 Å². The molecule has 0 saturated carbocycles. The number of hydrogen-bond acceptors (Lipinski definition) is 2. The van der Waals surface area contributed by atoms with E-state index in [0.29, 0.717) is 5.39 Å². The summed E-state index contributed by atoms with van der Waals surface area (Å²) in [6.07, 6.45) is 0. The average molecular weight is 176 g/mol. The second-order valence-corrected chi connectivity index (χ2v) is 2.91. The van der Waals surface area contributed by atoms with Gasteiger partial charge >= 0.3 is 0 Å². The van der Waals surface area contributed by atoms with Crippen LogP contribution >= 0.6 is 0 Å². The minimum Gasteiger partial charge on any atom is -0.397 e. The van der Waals surface area contributed by atoms with Gasteiger partial charge in [0.05, 0.1) is 11.4 Å². The van der Waals surface area contributed by atoms with Crippen molar-refractivity contribution in [2.45, 2.75) is 0 Å². The minimum atomic E-state index is -0.435. The van der Waals surface area contributed by atoms with Crippen LogP contribution in [0.15, 0.2) is 30.3 Å². The van der Waals surface area contributed by atoms with Crippen molar-refractivity contribution in [2.24, 2.45) is 0 Å². The molecule has 66 valence electrons. The minimum absolute atomic E-state index is 0.0266. The quantitative estimate of drug-likeness (QED) is 0.604. The molecule has 0 fully saturated rings. The predicted octanol–water partition coefficient (Wildman–Crippen LogP) is 2.14. The summed E-state index contributed by atoms with van der Waals surface area (Å²) in [7, 11) is 0. The second-order valence-electron chi connectivity index (χ2n) is 2.91. The standard InChI is InChI=1S/C10H9FN2/c11-9-7-4-2-1-3-6(7)5-8(12)10(9)13/h1-5H,12-13H2. The molecule has 0 atom stereocenters. The van der Waals surface area contributed by atoms with Gasteiger partial charge in [-0.2, -0.15) is 0 Å². The van der Waals surface area contributed by atoms with Crippen LogP contribution in [0.2, 0.25) is 0 Å². The smallest absolute Gasteiger partial charge is 0.156 e. The van der Waals surface area contributed by atoms with Gasteiger partial charge in [-0.25, -0.2) is 4.39 Å². The Bertz CT molecular complexity index is 466. The summed E-state index contributed by atoms with van der Waals surface area (Å²) in [4.78, 5) is 0. The van der Waals surface area contributed by atoms with Gasteiger partial charge in [0, 0.05) is 5.39 Å². The van der Waals surface area contributed by atoms with Gasteiger partial charge in [-0.05, 0) is 11.5 Å². The van der Waals surface area contributed by atoms with Crippen molar-refractivity contribution in [3.8, 4) is 0 Å². The Morgan fingerprint density at radius 2 is 1.77 bits per heavy atom. The molecular formula is C10H9FN2. The molecule has 2 rings (SSSR count). The lowest BCUT2D eigenvalue weighted by molar-refractivity contribution is 0.645. The first-order chi connectivity index (χ1) is 6.20. The number of nitrogens with two attached hydrogens (primary N) is 2. The van der Waals surface area contributed by atoms with E-state index in [2.05, 4.69) is 0 Å². The number of benzene rings is 2. The summed E-state index contributed by atoms with van der Waals surface area (Å²) in [5, 5.41) is 1.28. The van der Waals surface area contributed by atoms with Gasteiger partial charge in [-0.1, -0.05) is 24.3 Å². The van der Waals surface area contributed by atoms with Crippen molar-refractivity contribution >= 4 is 22.1 Å². The summed E-state index contributed by atoms with van der Waals surface area (Å²) < 4.78 is 13.5. The highest BCUT2D eigenvalue weighted by atomic mass is 19.1. The van der Waals surface area contributed by atoms with Gasteiger partial charge in [0.15, 0.2) is 5.82 Å². The molecule has 0 aromatic heterocycles. The van der Waals surface area contributed by atoms with Crippen molar-refractivity contribution in [2.75, 3.05) is 11.5 Å². The number of anilines is 2. The SMILES string of the molecule is Nc1cc2ccccc2c(F)c1N. The topological polar surface area (TPSA) is 52.0 Å². The van der Waals surface area contributed by atoms with Crippen LogP contribution in [0.1, 0.15) is 0 Å². The third kappa shape index (κ3) is 1.09. The molecule has 0 aliphatic carbocycles. The van der Waals surface area contributed by atoms with Crippen molar-refractivity contribution in [3.05, 3.63) is 36.1 Å². The van der Waals surface area contributed by atoms with Crippen LogP contribution in [-0.2, 0) is 0 Å². The molecule has 0 spiro atoms. The molecule has 2 aromatic carbocycles. The molecule has 0 amide bonds. The van der Waals surface area contributed by atoms with Crippen LogP contribution in [-0.4, -0.2) is 0 Å². The highest BCUT2D eigenvalue weighted by Crippen LogP contribution is 2.27. The van der Waals surface area contributed by atoms with Gasteiger partial charge < -0.3 is 11.5 Å². The maximum atomic E-state index is 13.5. The molecule has 0 aliphatic heterocycles. The molecule has 0 saturated heterocycles. The van der Waals surface area contributed by atoms with E-state index < -0.39 is 5.82 Å². The molecular weight excluding hydrogens is 167 g/mol. The predicted molar refractivity (Wildman–Crippen MR) is 52.7 cm³/mol. The Morgan fingerprint density at radius 1 is 1.08 bits per heavy atom. The molecule has 2 aromatic rings. The van der Waals surface area contributed by atoms with E-state index in [1.807, 2.05) is 6.07 Å². The summed E-state index contributed by atoms with van der Waals surface area (Å²) in [5.41, 5.74) is 11.3. The molecule has 0 radical (unpaired) electrons. The van der Waals surface area contributed by atoms with Crippen LogP contribution in [0.25, 0.3) is 10.8 Å². The van der Waals surface area contributed by atoms with Crippen LogP contribution in [0.5, 0.6) is 0 Å². The largest absolute Gasteiger partial charge is 0.397 e. The molecule has 0 unspecified atom stereocenters. The summed E-state index contributed by atoms with van der Waals surface area (Å²) in [5.74, 6) is -0.435. The summed E-state index contributed by atoms with van der Waals surface area (Å²) >= 11 is 0. The lowest BCUT2D eigenvalue weighted by Crippen LogP contribution is -1.98. The van der Waals surface area contributed by atoms with Crippen LogP contribution in [0.3, 0.4) is 0 Å². The summed E-state index contributed by atoms with van der Waals surface area (Å²) in [6, 6.07) is 8.75. The lowest BCUT2D eigenvalue weighted by Gasteiger charge is -2.05. The van der Waals surface area contributed by atoms with Gasteiger partial charge in [-0.15, -0.1) is 0 Å². The lowest BCUT2D eigenvalue weighted by atomic mass is 10.1. The zero-order valence-electron chi connectivity index (χ0n) is 6.92. The maximum Gasteiger partial charge on any atom is 0.156 e. The van der Waals surface area contributed by atoms with Gasteiger partial charge in [-0.3, -0.25) is 0 Å². The number of halogens is 1. The Balaban J connectivity index is 2.94. The Kier molecular flexibility index (Phi) is 1.59. The molecule has 2 nitrogen and oxygen atoms in total. The fourth-order valence-electron chi connectivity index (χ4n) is 1.34. The van der Waals surface area contributed by atoms with E-state index in [0.717, 1.165) is 5.39 Å². The fourth-order valence-corrected chi connectivity index (χ4v) is 1.34. The van der Waals surface area contributed by atoms with Crippen LogP contribution < -0.4 is 11.5 Å². The molecule has 13 heavy (non-hydrogen) atoms. The monoisotopic (exact) mass is 176 g/mol. The van der Waals surface area contributed by atoms with Crippen molar-refractivity contribution in [1.82, 2.24) is 0 Å². The summed E-state index contributed by atoms with van der Waals surface area (Å²) in [6.45, 7) is 0. The number of nitrogen functional groups attached to an aromatic ring is 2. The normalized spacial score (nSPS) is 10.5. The average Bonchev–Trinajstić information content (AvgIpc) is 2.15. The van der Waals surface area contributed by atoms with E-state index in [4.69, 9.17) is 11.5 Å². The first kappa shape index (κ1) is 7.86. The number of rotatable bonds is 0. The van der Waals surface area contributed by atoms with Gasteiger partial charge in [0.1, 0.15) is 0 Å². The molecule has 0 bridgehead atoms. The molecule has 0 heterocycles. The first-order valence-electron chi connectivity index (χ1n) is 3.92. The van der Waals surface area contributed by atoms with E-state index in [1.165, 1.54) is 0 Å². The molecule has 3 heteroatoms. The molecule has 4 N–H and O–H groups in total. The highest BCUT2D eigenvalue weighted by Gasteiger charge is 2.07. The second kappa shape index (κ2) is 2.62. The third-order valence-electron chi connectivity index (χ3n) is 2.06. The van der Waals surface area contributed by atoms with E-state index in [1.54, 1.807) is 24.3 Å². The third-order valence-corrected chi connectivity index (χ3v) is 2.06. The Labute approximate surface area is 75.0 Å². The van der Waals surface area contributed by atoms with Gasteiger partial charge in [0.2, 0.25) is 0 Å². The zero-order chi connectivity index (χ0) is 9.42. The van der Waals surface area contributed by atoms with E-state index in [9.17, 15) is 4.39 Å². The van der Waals surface area contributed by atoms with Gasteiger partial charge in [0.25, 0.3) is 0 Å². The molecule has 0 aliphatic rings. The zero-order valence-corrected chi connectivity index (χ0v) is 6.92. The van der Waals surface area contributed by atoms with E-state index in [-0.39, 0.29) is 11.4 Å². The van der Waals surface area contributed by atoms with Crippen molar-refractivity contribution in [1.29, 1.82) is 0 Å².